The smallest absolute Gasteiger partial charge is 0.322 e. The molecule has 0 radical (unpaired) electrons. The van der Waals surface area contributed by atoms with E-state index < -0.39 is 0 Å². The molecule has 164 valence electrons. The number of aromatic amines is 1. The summed E-state index contributed by atoms with van der Waals surface area (Å²) in [4.78, 5) is 35.0. The summed E-state index contributed by atoms with van der Waals surface area (Å²) in [6, 6.07) is 17.1. The number of carbonyl (C=O) groups is 2. The van der Waals surface area contributed by atoms with Gasteiger partial charge in [0.1, 0.15) is 5.82 Å². The van der Waals surface area contributed by atoms with Gasteiger partial charge in [-0.25, -0.2) is 9.78 Å². The maximum absolute atomic E-state index is 13.0. The van der Waals surface area contributed by atoms with E-state index in [1.165, 1.54) is 0 Å². The molecule has 2 heterocycles. The molecule has 3 amide bonds. The highest BCUT2D eigenvalue weighted by Crippen LogP contribution is 2.33. The lowest BCUT2D eigenvalue weighted by atomic mass is 10.1. The Kier molecular flexibility index (Phi) is 5.39. The number of amides is 3. The molecule has 3 N–H and O–H groups in total. The average Bonchev–Trinajstić information content (AvgIpc) is 3.42. The number of hydrogen-bond acceptors (Lipinski definition) is 3. The van der Waals surface area contributed by atoms with Crippen LogP contribution >= 0.6 is 0 Å². The van der Waals surface area contributed by atoms with Gasteiger partial charge in [0, 0.05) is 35.1 Å². The Hall–Kier alpha value is -3.61. The summed E-state index contributed by atoms with van der Waals surface area (Å²) in [5, 5.41) is 5.90. The number of imidazole rings is 1. The van der Waals surface area contributed by atoms with Crippen molar-refractivity contribution in [2.24, 2.45) is 5.92 Å². The molecule has 32 heavy (non-hydrogen) atoms. The third-order valence-electron chi connectivity index (χ3n) is 6.13. The number of nitrogens with one attached hydrogen (secondary N) is 3. The van der Waals surface area contributed by atoms with Crippen molar-refractivity contribution >= 4 is 23.3 Å². The quantitative estimate of drug-likeness (QED) is 0.527. The van der Waals surface area contributed by atoms with Crippen LogP contribution in [-0.2, 0) is 4.79 Å². The lowest BCUT2D eigenvalue weighted by molar-refractivity contribution is -0.117. The molecule has 7 nitrogen and oxygen atoms in total. The summed E-state index contributed by atoms with van der Waals surface area (Å²) in [6.07, 6.45) is 3.75. The molecule has 1 atom stereocenters. The van der Waals surface area contributed by atoms with Crippen LogP contribution in [0.2, 0.25) is 0 Å². The number of hydrogen-bond donors (Lipinski definition) is 3. The molecule has 2 aromatic carbocycles. The van der Waals surface area contributed by atoms with Crippen molar-refractivity contribution in [2.45, 2.75) is 38.6 Å². The van der Waals surface area contributed by atoms with Gasteiger partial charge < -0.3 is 20.5 Å². The molecular weight excluding hydrogens is 402 g/mol. The lowest BCUT2D eigenvalue weighted by Crippen LogP contribution is -2.34. The average molecular weight is 430 g/mol. The fraction of sp³-hybridized carbons (Fsp3) is 0.320. The third-order valence-corrected chi connectivity index (χ3v) is 6.13. The van der Waals surface area contributed by atoms with Crippen molar-refractivity contribution in [2.75, 3.05) is 17.2 Å². The fourth-order valence-corrected chi connectivity index (χ4v) is 4.23. The Morgan fingerprint density at radius 1 is 0.969 bits per heavy atom. The number of urea groups is 1. The van der Waals surface area contributed by atoms with Gasteiger partial charge in [0.05, 0.1) is 11.7 Å². The molecular formula is C25H27N5O2. The highest BCUT2D eigenvalue weighted by Gasteiger charge is 2.33. The first-order valence-corrected chi connectivity index (χ1v) is 11.2. The minimum Gasteiger partial charge on any atom is -0.344 e. The summed E-state index contributed by atoms with van der Waals surface area (Å²) in [5.74, 6) is 1.06. The first-order valence-electron chi connectivity index (χ1n) is 11.2. The minimum atomic E-state index is -0.141. The second kappa shape index (κ2) is 8.49. The molecule has 2 aliphatic rings. The SMILES string of the molecule is Cc1[nH]c([C@H]2CCCN2C(=O)Nc2ccc(NC(=O)C3CC3)cc2)nc1-c1ccccc1. The molecule has 1 saturated carbocycles. The Bertz CT molecular complexity index is 1120. The summed E-state index contributed by atoms with van der Waals surface area (Å²) in [6.45, 7) is 2.70. The largest absolute Gasteiger partial charge is 0.344 e. The van der Waals surface area contributed by atoms with Crippen molar-refractivity contribution in [1.82, 2.24) is 14.9 Å². The number of benzene rings is 2. The van der Waals surface area contributed by atoms with Crippen molar-refractivity contribution in [1.29, 1.82) is 0 Å². The summed E-state index contributed by atoms with van der Waals surface area (Å²) in [7, 11) is 0. The molecule has 0 spiro atoms. The van der Waals surface area contributed by atoms with Crippen LogP contribution in [0.1, 0.15) is 43.2 Å². The maximum atomic E-state index is 13.0. The van der Waals surface area contributed by atoms with E-state index in [4.69, 9.17) is 4.98 Å². The molecule has 5 rings (SSSR count). The number of aromatic nitrogens is 2. The zero-order valence-electron chi connectivity index (χ0n) is 18.1. The molecule has 1 aliphatic carbocycles. The van der Waals surface area contributed by atoms with Crippen molar-refractivity contribution < 1.29 is 9.59 Å². The zero-order valence-corrected chi connectivity index (χ0v) is 18.1. The van der Waals surface area contributed by atoms with E-state index >= 15 is 0 Å². The lowest BCUT2D eigenvalue weighted by Gasteiger charge is -2.23. The van der Waals surface area contributed by atoms with Crippen molar-refractivity contribution in [3.8, 4) is 11.3 Å². The molecule has 7 heteroatoms. The van der Waals surface area contributed by atoms with Gasteiger partial charge in [-0.2, -0.15) is 0 Å². The van der Waals surface area contributed by atoms with Crippen LogP contribution in [0.3, 0.4) is 0 Å². The van der Waals surface area contributed by atoms with Crippen LogP contribution in [0.15, 0.2) is 54.6 Å². The molecule has 0 bridgehead atoms. The van der Waals surface area contributed by atoms with Gasteiger partial charge in [-0.05, 0) is 56.9 Å². The zero-order chi connectivity index (χ0) is 22.1. The number of rotatable bonds is 5. The maximum Gasteiger partial charge on any atom is 0.322 e. The first-order chi connectivity index (χ1) is 15.6. The number of carbonyl (C=O) groups excluding carboxylic acids is 2. The van der Waals surface area contributed by atoms with Gasteiger partial charge in [0.25, 0.3) is 0 Å². The van der Waals surface area contributed by atoms with Crippen molar-refractivity contribution in [3.05, 3.63) is 66.1 Å². The summed E-state index contributed by atoms with van der Waals surface area (Å²) < 4.78 is 0. The van der Waals surface area contributed by atoms with E-state index in [1.54, 1.807) is 0 Å². The number of anilines is 2. The highest BCUT2D eigenvalue weighted by atomic mass is 16.2. The normalized spacial score (nSPS) is 17.9. The first kappa shape index (κ1) is 20.3. The van der Waals surface area contributed by atoms with Crippen LogP contribution in [-0.4, -0.2) is 33.4 Å². The standard InChI is InChI=1S/C25H27N5O2/c1-16-22(17-6-3-2-4-7-17)29-23(26-16)21-8-5-15-30(21)25(32)28-20-13-11-19(12-14-20)27-24(31)18-9-10-18/h2-4,6-7,11-14,18,21H,5,8-10,15H2,1H3,(H,26,29)(H,27,31)(H,28,32)/t21-/m1/s1. The van der Waals surface area contributed by atoms with Crippen LogP contribution in [0.4, 0.5) is 16.2 Å². The van der Waals surface area contributed by atoms with Crippen LogP contribution in [0.25, 0.3) is 11.3 Å². The predicted octanol–water partition coefficient (Wildman–Crippen LogP) is 5.10. The van der Waals surface area contributed by atoms with Gasteiger partial charge in [-0.3, -0.25) is 4.79 Å². The predicted molar refractivity (Wildman–Crippen MR) is 124 cm³/mol. The molecule has 1 aliphatic heterocycles. The topological polar surface area (TPSA) is 90.1 Å². The fourth-order valence-electron chi connectivity index (χ4n) is 4.23. The summed E-state index contributed by atoms with van der Waals surface area (Å²) >= 11 is 0. The Labute approximate surface area is 187 Å². The van der Waals surface area contributed by atoms with E-state index in [9.17, 15) is 9.59 Å². The molecule has 1 saturated heterocycles. The minimum absolute atomic E-state index is 0.0744. The van der Waals surface area contributed by atoms with E-state index in [-0.39, 0.29) is 23.9 Å². The van der Waals surface area contributed by atoms with Crippen LogP contribution < -0.4 is 10.6 Å². The van der Waals surface area contributed by atoms with Gasteiger partial charge in [-0.1, -0.05) is 30.3 Å². The number of H-pyrrole nitrogens is 1. The van der Waals surface area contributed by atoms with Crippen LogP contribution in [0.5, 0.6) is 0 Å². The highest BCUT2D eigenvalue weighted by molar-refractivity contribution is 5.94. The Morgan fingerprint density at radius 3 is 2.34 bits per heavy atom. The molecule has 1 aromatic heterocycles. The van der Waals surface area contributed by atoms with Gasteiger partial charge in [0.15, 0.2) is 0 Å². The van der Waals surface area contributed by atoms with Gasteiger partial charge >= 0.3 is 6.03 Å². The third kappa shape index (κ3) is 4.23. The number of aryl methyl sites for hydroxylation is 1. The number of nitrogens with zero attached hydrogens (tertiary/aromatic N) is 2. The van der Waals surface area contributed by atoms with E-state index in [1.807, 2.05) is 66.4 Å². The van der Waals surface area contributed by atoms with E-state index in [0.29, 0.717) is 12.2 Å². The van der Waals surface area contributed by atoms with Gasteiger partial charge in [0.2, 0.25) is 5.91 Å². The van der Waals surface area contributed by atoms with Gasteiger partial charge in [-0.15, -0.1) is 0 Å². The molecule has 0 unspecified atom stereocenters. The van der Waals surface area contributed by atoms with Crippen molar-refractivity contribution in [3.63, 3.8) is 0 Å². The summed E-state index contributed by atoms with van der Waals surface area (Å²) in [5.41, 5.74) is 4.44. The second-order valence-electron chi connectivity index (χ2n) is 8.58. The van der Waals surface area contributed by atoms with Crippen LogP contribution in [0, 0.1) is 12.8 Å². The van der Waals surface area contributed by atoms with E-state index in [2.05, 4.69) is 15.6 Å². The van der Waals surface area contributed by atoms with E-state index in [0.717, 1.165) is 54.1 Å². The number of likely N-dealkylation sites (tertiary alicyclic amines) is 1. The molecule has 2 fully saturated rings. The second-order valence-corrected chi connectivity index (χ2v) is 8.58. The monoisotopic (exact) mass is 429 g/mol. The molecule has 3 aromatic rings. The Morgan fingerprint density at radius 2 is 1.66 bits per heavy atom. The Balaban J connectivity index is 1.26.